The number of halogens is 3. The number of methoxy groups -OCH3 is 2. The van der Waals surface area contributed by atoms with Crippen molar-refractivity contribution in [2.45, 2.75) is 6.18 Å². The number of rotatable bonds is 3. The molecule has 0 spiro atoms. The highest BCUT2D eigenvalue weighted by Crippen LogP contribution is 2.28. The molecule has 6 heteroatoms. The summed E-state index contributed by atoms with van der Waals surface area (Å²) in [5.74, 6) is -0.905. The Kier molecular flexibility index (Phi) is 4.36. The van der Waals surface area contributed by atoms with E-state index < -0.39 is 17.7 Å². The van der Waals surface area contributed by atoms with Gasteiger partial charge in [0.2, 0.25) is 0 Å². The van der Waals surface area contributed by atoms with E-state index in [-0.39, 0.29) is 5.56 Å². The molecular formula is C12H11F3O3. The van der Waals surface area contributed by atoms with Crippen LogP contribution in [0.4, 0.5) is 13.2 Å². The number of ether oxygens (including phenoxy) is 2. The van der Waals surface area contributed by atoms with Gasteiger partial charge in [0, 0.05) is 0 Å². The summed E-state index contributed by atoms with van der Waals surface area (Å²) in [6.07, 6.45) is -4.03. The number of hydrogen-bond donors (Lipinski definition) is 0. The van der Waals surface area contributed by atoms with Crippen molar-refractivity contribution in [3.8, 4) is 5.75 Å². The van der Waals surface area contributed by atoms with Gasteiger partial charge in [0.1, 0.15) is 11.3 Å². The molecule has 1 aromatic rings. The molecule has 0 aromatic heterocycles. The van der Waals surface area contributed by atoms with Crippen LogP contribution in [-0.4, -0.2) is 26.4 Å². The average molecular weight is 260 g/mol. The van der Waals surface area contributed by atoms with E-state index in [9.17, 15) is 18.0 Å². The summed E-state index contributed by atoms with van der Waals surface area (Å²) in [6, 6.07) is 5.81. The van der Waals surface area contributed by atoms with E-state index in [1.54, 1.807) is 0 Å². The molecule has 0 bridgehead atoms. The van der Waals surface area contributed by atoms with Crippen LogP contribution < -0.4 is 4.74 Å². The molecule has 0 heterocycles. The molecule has 0 unspecified atom stereocenters. The Morgan fingerprint density at radius 2 is 1.72 bits per heavy atom. The molecule has 98 valence electrons. The molecule has 1 aromatic carbocycles. The number of esters is 1. The molecule has 3 nitrogen and oxygen atoms in total. The molecule has 0 atom stereocenters. The maximum atomic E-state index is 12.6. The number of hydrogen-bond acceptors (Lipinski definition) is 3. The molecule has 0 saturated heterocycles. The molecule has 18 heavy (non-hydrogen) atoms. The van der Waals surface area contributed by atoms with Crippen LogP contribution in [0.1, 0.15) is 5.56 Å². The van der Waals surface area contributed by atoms with Gasteiger partial charge in [-0.25, -0.2) is 4.79 Å². The predicted octanol–water partition coefficient (Wildman–Crippen LogP) is 2.81. The van der Waals surface area contributed by atoms with E-state index in [0.717, 1.165) is 13.2 Å². The van der Waals surface area contributed by atoms with Gasteiger partial charge in [-0.15, -0.1) is 0 Å². The summed E-state index contributed by atoms with van der Waals surface area (Å²) in [5.41, 5.74) is -1.12. The number of benzene rings is 1. The Hall–Kier alpha value is -1.98. The van der Waals surface area contributed by atoms with Gasteiger partial charge in [-0.3, -0.25) is 0 Å². The SMILES string of the molecule is COC(=O)/C(=C/c1ccc(OC)cc1)C(F)(F)F. The summed E-state index contributed by atoms with van der Waals surface area (Å²) < 4.78 is 46.8. The Bertz CT molecular complexity index is 447. The maximum Gasteiger partial charge on any atom is 0.423 e. The van der Waals surface area contributed by atoms with Gasteiger partial charge in [0.15, 0.2) is 0 Å². The Morgan fingerprint density at radius 3 is 2.11 bits per heavy atom. The third-order valence-electron chi connectivity index (χ3n) is 2.14. The molecule has 0 saturated carbocycles. The maximum absolute atomic E-state index is 12.6. The smallest absolute Gasteiger partial charge is 0.423 e. The third-order valence-corrected chi connectivity index (χ3v) is 2.14. The van der Waals surface area contributed by atoms with Crippen molar-refractivity contribution in [1.29, 1.82) is 0 Å². The second kappa shape index (κ2) is 5.57. The van der Waals surface area contributed by atoms with Crippen molar-refractivity contribution in [2.75, 3.05) is 14.2 Å². The quantitative estimate of drug-likeness (QED) is 0.619. The minimum atomic E-state index is -4.76. The number of carbonyl (C=O) groups is 1. The van der Waals surface area contributed by atoms with E-state index >= 15 is 0 Å². The van der Waals surface area contributed by atoms with Gasteiger partial charge < -0.3 is 9.47 Å². The lowest BCUT2D eigenvalue weighted by Gasteiger charge is -2.09. The highest BCUT2D eigenvalue weighted by Gasteiger charge is 2.39. The summed E-state index contributed by atoms with van der Waals surface area (Å²) in [7, 11) is 2.34. The minimum absolute atomic E-state index is 0.230. The predicted molar refractivity (Wildman–Crippen MR) is 59.0 cm³/mol. The number of alkyl halides is 3. The fourth-order valence-electron chi connectivity index (χ4n) is 1.23. The highest BCUT2D eigenvalue weighted by atomic mass is 19.4. The van der Waals surface area contributed by atoms with E-state index in [4.69, 9.17) is 4.74 Å². The first kappa shape index (κ1) is 14.1. The van der Waals surface area contributed by atoms with Gasteiger partial charge in [-0.1, -0.05) is 12.1 Å². The summed E-state index contributed by atoms with van der Waals surface area (Å²) in [6.45, 7) is 0. The zero-order chi connectivity index (χ0) is 13.8. The molecule has 0 aliphatic rings. The van der Waals surface area contributed by atoms with Gasteiger partial charge in [0.25, 0.3) is 0 Å². The van der Waals surface area contributed by atoms with Crippen molar-refractivity contribution < 1.29 is 27.4 Å². The molecule has 0 amide bonds. The van der Waals surface area contributed by atoms with Crippen molar-refractivity contribution in [3.63, 3.8) is 0 Å². The summed E-state index contributed by atoms with van der Waals surface area (Å²) in [4.78, 5) is 11.1. The fraction of sp³-hybridized carbons (Fsp3) is 0.250. The molecule has 0 fully saturated rings. The van der Waals surface area contributed by atoms with E-state index in [1.807, 2.05) is 0 Å². The van der Waals surface area contributed by atoms with Crippen LogP contribution >= 0.6 is 0 Å². The normalized spacial score (nSPS) is 12.2. The first-order chi connectivity index (χ1) is 8.38. The molecule has 0 aliphatic heterocycles. The van der Waals surface area contributed by atoms with Crippen molar-refractivity contribution in [3.05, 3.63) is 35.4 Å². The molecular weight excluding hydrogens is 249 g/mol. The molecule has 0 N–H and O–H groups in total. The van der Waals surface area contributed by atoms with Crippen LogP contribution in [0.2, 0.25) is 0 Å². The summed E-state index contributed by atoms with van der Waals surface area (Å²) >= 11 is 0. The van der Waals surface area contributed by atoms with Crippen molar-refractivity contribution in [2.24, 2.45) is 0 Å². The van der Waals surface area contributed by atoms with E-state index in [1.165, 1.54) is 31.4 Å². The van der Waals surface area contributed by atoms with Crippen LogP contribution in [0.5, 0.6) is 5.75 Å². The second-order valence-corrected chi connectivity index (χ2v) is 3.32. The van der Waals surface area contributed by atoms with Crippen molar-refractivity contribution >= 4 is 12.0 Å². The van der Waals surface area contributed by atoms with Crippen LogP contribution in [-0.2, 0) is 9.53 Å². The monoisotopic (exact) mass is 260 g/mol. The van der Waals surface area contributed by atoms with Crippen LogP contribution in [0.25, 0.3) is 6.08 Å². The molecule has 0 aliphatic carbocycles. The lowest BCUT2D eigenvalue weighted by atomic mass is 10.1. The van der Waals surface area contributed by atoms with E-state index in [2.05, 4.69) is 4.74 Å². The zero-order valence-corrected chi connectivity index (χ0v) is 9.75. The second-order valence-electron chi connectivity index (χ2n) is 3.32. The number of carbonyl (C=O) groups excluding carboxylic acids is 1. The van der Waals surface area contributed by atoms with Crippen LogP contribution in [0.15, 0.2) is 29.8 Å². The lowest BCUT2D eigenvalue weighted by Crippen LogP contribution is -2.21. The zero-order valence-electron chi connectivity index (χ0n) is 9.75. The standard InChI is InChI=1S/C12H11F3O3/c1-17-9-5-3-8(4-6-9)7-10(11(16)18-2)12(13,14)15/h3-7H,1-2H3/b10-7-. The Labute approximate surface area is 102 Å². The van der Waals surface area contributed by atoms with Gasteiger partial charge in [0.05, 0.1) is 14.2 Å². The molecule has 1 rings (SSSR count). The van der Waals surface area contributed by atoms with Gasteiger partial charge >= 0.3 is 12.1 Å². The summed E-state index contributed by atoms with van der Waals surface area (Å²) in [5, 5.41) is 0. The first-order valence-electron chi connectivity index (χ1n) is 4.89. The van der Waals surface area contributed by atoms with Crippen LogP contribution in [0.3, 0.4) is 0 Å². The van der Waals surface area contributed by atoms with Crippen molar-refractivity contribution in [1.82, 2.24) is 0 Å². The molecule has 0 radical (unpaired) electrons. The minimum Gasteiger partial charge on any atom is -0.497 e. The largest absolute Gasteiger partial charge is 0.497 e. The topological polar surface area (TPSA) is 35.5 Å². The van der Waals surface area contributed by atoms with Gasteiger partial charge in [-0.2, -0.15) is 13.2 Å². The average Bonchev–Trinajstić information content (AvgIpc) is 2.34. The van der Waals surface area contributed by atoms with Crippen LogP contribution in [0, 0.1) is 0 Å². The third kappa shape index (κ3) is 3.51. The van der Waals surface area contributed by atoms with E-state index in [0.29, 0.717) is 5.75 Å². The highest BCUT2D eigenvalue weighted by molar-refractivity contribution is 5.95. The Balaban J connectivity index is 3.11. The fourth-order valence-corrected chi connectivity index (χ4v) is 1.23. The first-order valence-corrected chi connectivity index (χ1v) is 4.89. The van der Waals surface area contributed by atoms with Gasteiger partial charge in [-0.05, 0) is 23.8 Å². The Morgan fingerprint density at radius 1 is 1.17 bits per heavy atom. The lowest BCUT2D eigenvalue weighted by molar-refractivity contribution is -0.147.